The van der Waals surface area contributed by atoms with E-state index in [0.717, 1.165) is 6.42 Å². The molecule has 0 spiro atoms. The first-order valence-corrected chi connectivity index (χ1v) is 8.35. The molecule has 1 aliphatic heterocycles. The maximum Gasteiger partial charge on any atom is 0.0703 e. The molecule has 0 bridgehead atoms. The van der Waals surface area contributed by atoms with E-state index in [1.807, 2.05) is 0 Å². The second kappa shape index (κ2) is 7.26. The predicted octanol–water partition coefficient (Wildman–Crippen LogP) is 5.25. The van der Waals surface area contributed by atoms with Crippen molar-refractivity contribution >= 4 is 11.4 Å². The lowest BCUT2D eigenvalue weighted by atomic mass is 9.99. The van der Waals surface area contributed by atoms with Gasteiger partial charge in [0, 0.05) is 6.42 Å². The smallest absolute Gasteiger partial charge is 0.0703 e. The molecule has 2 nitrogen and oxygen atoms in total. The van der Waals surface area contributed by atoms with E-state index in [9.17, 15) is 0 Å². The van der Waals surface area contributed by atoms with Crippen LogP contribution in [-0.2, 0) is 0 Å². The Balaban J connectivity index is 1.82. The Morgan fingerprint density at radius 2 is 1.64 bits per heavy atom. The van der Waals surface area contributed by atoms with Gasteiger partial charge in [0.05, 0.1) is 17.4 Å². The third kappa shape index (κ3) is 3.38. The molecule has 1 atom stereocenters. The highest BCUT2D eigenvalue weighted by atomic mass is 15.5. The van der Waals surface area contributed by atoms with E-state index >= 15 is 0 Å². The van der Waals surface area contributed by atoms with Crippen LogP contribution < -0.4 is 5.01 Å². The predicted molar refractivity (Wildman–Crippen MR) is 94.4 cm³/mol. The van der Waals surface area contributed by atoms with Crippen molar-refractivity contribution in [1.82, 2.24) is 0 Å². The van der Waals surface area contributed by atoms with Crippen molar-refractivity contribution in [3.8, 4) is 0 Å². The maximum atomic E-state index is 4.94. The molecule has 0 aromatic heterocycles. The van der Waals surface area contributed by atoms with Gasteiger partial charge in [0.25, 0.3) is 0 Å². The minimum atomic E-state index is 0.490. The fourth-order valence-corrected chi connectivity index (χ4v) is 3.07. The first-order valence-electron chi connectivity index (χ1n) is 8.35. The lowest BCUT2D eigenvalue weighted by Crippen LogP contribution is -2.26. The summed E-state index contributed by atoms with van der Waals surface area (Å²) in [6.07, 6.45) is 6.11. The Labute approximate surface area is 133 Å². The van der Waals surface area contributed by atoms with Gasteiger partial charge in [-0.25, -0.2) is 0 Å². The molecule has 22 heavy (non-hydrogen) atoms. The highest BCUT2D eigenvalue weighted by molar-refractivity contribution is 6.03. The average molecular weight is 292 g/mol. The summed E-state index contributed by atoms with van der Waals surface area (Å²) in [4.78, 5) is 0. The minimum Gasteiger partial charge on any atom is -0.262 e. The van der Waals surface area contributed by atoms with Crippen LogP contribution in [0.5, 0.6) is 0 Å². The molecule has 1 aliphatic rings. The summed E-state index contributed by atoms with van der Waals surface area (Å²) in [6, 6.07) is 21.6. The second-order valence-electron chi connectivity index (χ2n) is 5.95. The number of nitrogens with zero attached hydrogens (tertiary/aromatic N) is 2. The van der Waals surface area contributed by atoms with Crippen LogP contribution in [0.4, 0.5) is 5.69 Å². The van der Waals surface area contributed by atoms with E-state index in [1.54, 1.807) is 0 Å². The molecule has 2 aromatic carbocycles. The molecular weight excluding hydrogens is 268 g/mol. The number of para-hydroxylation sites is 1. The largest absolute Gasteiger partial charge is 0.262 e. The van der Waals surface area contributed by atoms with Gasteiger partial charge in [-0.15, -0.1) is 0 Å². The Bertz CT molecular complexity index is 604. The maximum absolute atomic E-state index is 4.94. The lowest BCUT2D eigenvalue weighted by molar-refractivity contribution is 0.556. The van der Waals surface area contributed by atoms with Gasteiger partial charge in [-0.1, -0.05) is 74.7 Å². The molecule has 1 heterocycles. The van der Waals surface area contributed by atoms with Crippen LogP contribution in [0.25, 0.3) is 0 Å². The Hall–Kier alpha value is -2.09. The molecular formula is C20H24N2. The summed E-state index contributed by atoms with van der Waals surface area (Å²) in [5.41, 5.74) is 3.67. The molecule has 3 rings (SSSR count). The monoisotopic (exact) mass is 292 g/mol. The number of rotatable bonds is 6. The Kier molecular flexibility index (Phi) is 4.89. The molecule has 0 saturated carbocycles. The Morgan fingerprint density at radius 1 is 0.955 bits per heavy atom. The van der Waals surface area contributed by atoms with E-state index in [4.69, 9.17) is 5.10 Å². The highest BCUT2D eigenvalue weighted by Crippen LogP contribution is 2.29. The van der Waals surface area contributed by atoms with E-state index in [-0.39, 0.29) is 0 Å². The number of unbranched alkanes of at least 4 members (excludes halogenated alkanes) is 2. The van der Waals surface area contributed by atoms with Crippen molar-refractivity contribution in [2.24, 2.45) is 5.10 Å². The van der Waals surface area contributed by atoms with Crippen molar-refractivity contribution in [3.63, 3.8) is 0 Å². The van der Waals surface area contributed by atoms with Gasteiger partial charge in [0.1, 0.15) is 0 Å². The molecule has 0 radical (unpaired) electrons. The third-order valence-electron chi connectivity index (χ3n) is 4.27. The SMILES string of the molecule is CCCCCC1CC(c2ccccc2)=NN1c1ccccc1. The van der Waals surface area contributed by atoms with E-state index in [1.165, 1.54) is 42.6 Å². The number of benzene rings is 2. The van der Waals surface area contributed by atoms with Gasteiger partial charge in [0.2, 0.25) is 0 Å². The molecule has 0 amide bonds. The van der Waals surface area contributed by atoms with Crippen molar-refractivity contribution in [2.45, 2.75) is 45.1 Å². The fraction of sp³-hybridized carbons (Fsp3) is 0.350. The van der Waals surface area contributed by atoms with E-state index < -0.39 is 0 Å². The van der Waals surface area contributed by atoms with Crippen LogP contribution in [0.15, 0.2) is 65.8 Å². The first kappa shape index (κ1) is 14.8. The van der Waals surface area contributed by atoms with Gasteiger partial charge < -0.3 is 0 Å². The summed E-state index contributed by atoms with van der Waals surface area (Å²) in [6.45, 7) is 2.26. The number of hydrazone groups is 1. The topological polar surface area (TPSA) is 15.6 Å². The fourth-order valence-electron chi connectivity index (χ4n) is 3.07. The summed E-state index contributed by atoms with van der Waals surface area (Å²) in [5, 5.41) is 7.17. The summed E-state index contributed by atoms with van der Waals surface area (Å²) in [5.74, 6) is 0. The van der Waals surface area contributed by atoms with E-state index in [0.29, 0.717) is 6.04 Å². The highest BCUT2D eigenvalue weighted by Gasteiger charge is 2.27. The van der Waals surface area contributed by atoms with Crippen molar-refractivity contribution in [3.05, 3.63) is 66.2 Å². The molecule has 114 valence electrons. The van der Waals surface area contributed by atoms with Crippen LogP contribution in [0.2, 0.25) is 0 Å². The second-order valence-corrected chi connectivity index (χ2v) is 5.95. The van der Waals surface area contributed by atoms with Crippen molar-refractivity contribution < 1.29 is 0 Å². The van der Waals surface area contributed by atoms with Gasteiger partial charge in [0.15, 0.2) is 0 Å². The molecule has 2 aromatic rings. The molecule has 1 unspecified atom stereocenters. The summed E-state index contributed by atoms with van der Waals surface area (Å²) in [7, 11) is 0. The summed E-state index contributed by atoms with van der Waals surface area (Å²) < 4.78 is 0. The molecule has 0 N–H and O–H groups in total. The molecule has 0 saturated heterocycles. The zero-order valence-corrected chi connectivity index (χ0v) is 13.3. The van der Waals surface area contributed by atoms with Crippen molar-refractivity contribution in [2.75, 3.05) is 5.01 Å². The lowest BCUT2D eigenvalue weighted by Gasteiger charge is -2.23. The normalized spacial score (nSPS) is 17.6. The van der Waals surface area contributed by atoms with Gasteiger partial charge in [-0.3, -0.25) is 5.01 Å². The van der Waals surface area contributed by atoms with Crippen LogP contribution >= 0.6 is 0 Å². The van der Waals surface area contributed by atoms with Crippen LogP contribution in [-0.4, -0.2) is 11.8 Å². The van der Waals surface area contributed by atoms with Crippen LogP contribution in [0, 0.1) is 0 Å². The molecule has 0 fully saturated rings. The average Bonchev–Trinajstić information content (AvgIpc) is 3.01. The number of anilines is 1. The zero-order chi connectivity index (χ0) is 15.2. The van der Waals surface area contributed by atoms with Crippen LogP contribution in [0.1, 0.15) is 44.6 Å². The molecule has 2 heteroatoms. The third-order valence-corrected chi connectivity index (χ3v) is 4.27. The zero-order valence-electron chi connectivity index (χ0n) is 13.3. The quantitative estimate of drug-likeness (QED) is 0.664. The van der Waals surface area contributed by atoms with E-state index in [2.05, 4.69) is 72.6 Å². The first-order chi connectivity index (χ1) is 10.9. The Morgan fingerprint density at radius 3 is 2.32 bits per heavy atom. The number of hydrogen-bond donors (Lipinski definition) is 0. The number of hydrogen-bond acceptors (Lipinski definition) is 2. The van der Waals surface area contributed by atoms with Crippen molar-refractivity contribution in [1.29, 1.82) is 0 Å². The van der Waals surface area contributed by atoms with Crippen LogP contribution in [0.3, 0.4) is 0 Å². The standard InChI is InChI=1S/C20H24N2/c1-2-3-6-15-19-16-20(17-11-7-4-8-12-17)21-22(19)18-13-9-5-10-14-18/h4-5,7-14,19H,2-3,6,15-16H2,1H3. The molecule has 0 aliphatic carbocycles. The summed E-state index contributed by atoms with van der Waals surface area (Å²) >= 11 is 0. The van der Waals surface area contributed by atoms with Gasteiger partial charge in [-0.2, -0.15) is 5.10 Å². The minimum absolute atomic E-state index is 0.490. The van der Waals surface area contributed by atoms with Gasteiger partial charge in [-0.05, 0) is 24.1 Å². The van der Waals surface area contributed by atoms with Gasteiger partial charge >= 0.3 is 0 Å².